The highest BCUT2D eigenvalue weighted by molar-refractivity contribution is 7.13. The van der Waals surface area contributed by atoms with Gasteiger partial charge in [-0.2, -0.15) is 5.10 Å². The third kappa shape index (κ3) is 2.92. The van der Waals surface area contributed by atoms with Crippen molar-refractivity contribution < 1.29 is 4.79 Å². The Labute approximate surface area is 132 Å². The van der Waals surface area contributed by atoms with Gasteiger partial charge < -0.3 is 0 Å². The fourth-order valence-electron chi connectivity index (χ4n) is 2.25. The first-order valence-electron chi connectivity index (χ1n) is 6.90. The molecule has 6 heteroatoms. The Balaban J connectivity index is 1.87. The summed E-state index contributed by atoms with van der Waals surface area (Å²) in [6.45, 7) is 5.84. The number of nitrogens with one attached hydrogen (secondary N) is 1. The van der Waals surface area contributed by atoms with Gasteiger partial charge in [0, 0.05) is 16.6 Å². The molecule has 2 aromatic heterocycles. The second-order valence-electron chi connectivity index (χ2n) is 5.14. The van der Waals surface area contributed by atoms with E-state index in [0.29, 0.717) is 10.7 Å². The normalized spacial score (nSPS) is 10.7. The summed E-state index contributed by atoms with van der Waals surface area (Å²) >= 11 is 1.42. The van der Waals surface area contributed by atoms with E-state index in [1.165, 1.54) is 11.3 Å². The smallest absolute Gasteiger partial charge is 0.257 e. The van der Waals surface area contributed by atoms with Crippen molar-refractivity contribution in [2.24, 2.45) is 0 Å². The van der Waals surface area contributed by atoms with Gasteiger partial charge in [-0.15, -0.1) is 11.3 Å². The third-order valence-electron chi connectivity index (χ3n) is 3.20. The number of carbonyl (C=O) groups excluding carboxylic acids is 1. The van der Waals surface area contributed by atoms with Gasteiger partial charge in [-0.05, 0) is 45.0 Å². The van der Waals surface area contributed by atoms with Crippen molar-refractivity contribution in [2.75, 3.05) is 5.32 Å². The van der Waals surface area contributed by atoms with Crippen LogP contribution in [-0.4, -0.2) is 20.7 Å². The zero-order valence-corrected chi connectivity index (χ0v) is 13.4. The molecule has 0 spiro atoms. The lowest BCUT2D eigenvalue weighted by atomic mass is 10.2. The molecule has 3 aromatic rings. The molecule has 0 aliphatic carbocycles. The lowest BCUT2D eigenvalue weighted by molar-refractivity contribution is 0.102. The molecule has 1 aromatic carbocycles. The molecule has 5 nitrogen and oxygen atoms in total. The molecular weight excluding hydrogens is 296 g/mol. The first-order valence-corrected chi connectivity index (χ1v) is 7.78. The van der Waals surface area contributed by atoms with E-state index < -0.39 is 0 Å². The molecular formula is C16H16N4OS. The Bertz CT molecular complexity index is 834. The van der Waals surface area contributed by atoms with Crippen molar-refractivity contribution in [3.8, 4) is 5.69 Å². The maximum Gasteiger partial charge on any atom is 0.257 e. The van der Waals surface area contributed by atoms with E-state index in [2.05, 4.69) is 15.4 Å². The van der Waals surface area contributed by atoms with Crippen LogP contribution in [0.5, 0.6) is 0 Å². The van der Waals surface area contributed by atoms with Crippen molar-refractivity contribution in [2.45, 2.75) is 20.8 Å². The molecule has 0 aliphatic rings. The molecule has 112 valence electrons. The highest BCUT2D eigenvalue weighted by Gasteiger charge is 2.11. The van der Waals surface area contributed by atoms with Crippen LogP contribution in [0, 0.1) is 20.8 Å². The molecule has 0 fully saturated rings. The van der Waals surface area contributed by atoms with Crippen molar-refractivity contribution in [1.29, 1.82) is 0 Å². The van der Waals surface area contributed by atoms with Crippen molar-refractivity contribution >= 4 is 22.4 Å². The van der Waals surface area contributed by atoms with E-state index >= 15 is 0 Å². The van der Waals surface area contributed by atoms with E-state index in [4.69, 9.17) is 0 Å². The van der Waals surface area contributed by atoms with Crippen molar-refractivity contribution in [3.05, 3.63) is 58.4 Å². The van der Waals surface area contributed by atoms with Crippen molar-refractivity contribution in [3.63, 3.8) is 0 Å². The Hall–Kier alpha value is -2.47. The number of carbonyl (C=O) groups is 1. The second kappa shape index (κ2) is 5.73. The molecule has 0 saturated carbocycles. The van der Waals surface area contributed by atoms with Crippen LogP contribution in [0.2, 0.25) is 0 Å². The third-order valence-corrected chi connectivity index (χ3v) is 4.08. The number of aryl methyl sites for hydroxylation is 3. The zero-order chi connectivity index (χ0) is 15.7. The number of hydrogen-bond donors (Lipinski definition) is 1. The molecule has 0 atom stereocenters. The zero-order valence-electron chi connectivity index (χ0n) is 12.6. The summed E-state index contributed by atoms with van der Waals surface area (Å²) in [5.41, 5.74) is 4.33. The number of rotatable bonds is 3. The molecule has 22 heavy (non-hydrogen) atoms. The SMILES string of the molecule is Cc1csc(NC(=O)c2cccc(-n3nc(C)cc3C)c2)n1. The fourth-order valence-corrected chi connectivity index (χ4v) is 2.93. The van der Waals surface area contributed by atoms with E-state index in [0.717, 1.165) is 22.8 Å². The van der Waals surface area contributed by atoms with Crippen LogP contribution >= 0.6 is 11.3 Å². The summed E-state index contributed by atoms with van der Waals surface area (Å²) in [4.78, 5) is 16.6. The maximum atomic E-state index is 12.3. The number of amides is 1. The standard InChI is InChI=1S/C16H16N4OS/c1-10-7-12(3)20(19-10)14-6-4-5-13(8-14)15(21)18-16-17-11(2)9-22-16/h4-9H,1-3H3,(H,17,18,21). The highest BCUT2D eigenvalue weighted by Crippen LogP contribution is 2.17. The Morgan fingerprint density at radius 2 is 2.00 bits per heavy atom. The minimum absolute atomic E-state index is 0.169. The van der Waals surface area contributed by atoms with Gasteiger partial charge in [0.15, 0.2) is 5.13 Å². The van der Waals surface area contributed by atoms with Crippen molar-refractivity contribution in [1.82, 2.24) is 14.8 Å². The van der Waals surface area contributed by atoms with Crippen LogP contribution in [0.25, 0.3) is 5.69 Å². The lowest BCUT2D eigenvalue weighted by Gasteiger charge is -2.07. The number of aromatic nitrogens is 3. The Morgan fingerprint density at radius 3 is 2.64 bits per heavy atom. The number of anilines is 1. The first kappa shape index (κ1) is 14.5. The fraction of sp³-hybridized carbons (Fsp3) is 0.188. The number of nitrogens with zero attached hydrogens (tertiary/aromatic N) is 3. The maximum absolute atomic E-state index is 12.3. The van der Waals surface area contributed by atoms with Gasteiger partial charge in [-0.25, -0.2) is 9.67 Å². The van der Waals surface area contributed by atoms with Crippen LogP contribution in [-0.2, 0) is 0 Å². The van der Waals surface area contributed by atoms with E-state index in [9.17, 15) is 4.79 Å². The average Bonchev–Trinajstić information content (AvgIpc) is 3.04. The predicted molar refractivity (Wildman–Crippen MR) is 87.8 cm³/mol. The van der Waals surface area contributed by atoms with Crippen LogP contribution in [0.4, 0.5) is 5.13 Å². The van der Waals surface area contributed by atoms with Gasteiger partial charge in [0.25, 0.3) is 5.91 Å². The second-order valence-corrected chi connectivity index (χ2v) is 6.00. The Morgan fingerprint density at radius 1 is 1.18 bits per heavy atom. The number of benzene rings is 1. The summed E-state index contributed by atoms with van der Waals surface area (Å²) in [6.07, 6.45) is 0. The minimum atomic E-state index is -0.169. The van der Waals surface area contributed by atoms with E-state index in [1.54, 1.807) is 6.07 Å². The monoisotopic (exact) mass is 312 g/mol. The predicted octanol–water partition coefficient (Wildman–Crippen LogP) is 3.51. The summed E-state index contributed by atoms with van der Waals surface area (Å²) in [6, 6.07) is 9.41. The Kier molecular flexibility index (Phi) is 3.77. The molecule has 0 bridgehead atoms. The van der Waals surface area contributed by atoms with Gasteiger partial charge in [0.05, 0.1) is 17.1 Å². The summed E-state index contributed by atoms with van der Waals surface area (Å²) < 4.78 is 1.83. The molecule has 2 heterocycles. The van der Waals surface area contributed by atoms with Gasteiger partial charge in [0.1, 0.15) is 0 Å². The molecule has 1 amide bonds. The number of hydrogen-bond acceptors (Lipinski definition) is 4. The summed E-state index contributed by atoms with van der Waals surface area (Å²) in [5, 5.41) is 9.77. The lowest BCUT2D eigenvalue weighted by Crippen LogP contribution is -2.12. The molecule has 0 unspecified atom stereocenters. The van der Waals surface area contributed by atoms with Gasteiger partial charge in [0.2, 0.25) is 0 Å². The van der Waals surface area contributed by atoms with Crippen LogP contribution in [0.3, 0.4) is 0 Å². The summed E-state index contributed by atoms with van der Waals surface area (Å²) in [7, 11) is 0. The van der Waals surface area contributed by atoms with Gasteiger partial charge in [-0.1, -0.05) is 6.07 Å². The topological polar surface area (TPSA) is 59.8 Å². The minimum Gasteiger partial charge on any atom is -0.298 e. The molecule has 0 radical (unpaired) electrons. The largest absolute Gasteiger partial charge is 0.298 e. The van der Waals surface area contributed by atoms with E-state index in [1.807, 2.05) is 55.1 Å². The first-order chi connectivity index (χ1) is 10.5. The average molecular weight is 312 g/mol. The molecule has 0 aliphatic heterocycles. The number of thiazole rings is 1. The quantitative estimate of drug-likeness (QED) is 0.805. The van der Waals surface area contributed by atoms with E-state index in [-0.39, 0.29) is 5.91 Å². The molecule has 3 rings (SSSR count). The van der Waals surface area contributed by atoms with Crippen LogP contribution in [0.1, 0.15) is 27.4 Å². The highest BCUT2D eigenvalue weighted by atomic mass is 32.1. The molecule has 0 saturated heterocycles. The van der Waals surface area contributed by atoms with Gasteiger partial charge >= 0.3 is 0 Å². The summed E-state index contributed by atoms with van der Waals surface area (Å²) in [5.74, 6) is -0.169. The van der Waals surface area contributed by atoms with Gasteiger partial charge in [-0.3, -0.25) is 10.1 Å². The van der Waals surface area contributed by atoms with Crippen LogP contribution < -0.4 is 5.32 Å². The van der Waals surface area contributed by atoms with Crippen LogP contribution in [0.15, 0.2) is 35.7 Å². The molecule has 1 N–H and O–H groups in total.